The zero-order chi connectivity index (χ0) is 12.2. The Morgan fingerprint density at radius 3 is 1.94 bits per heavy atom. The number of hydrogen-bond acceptors (Lipinski definition) is 2. The molecule has 0 aromatic rings. The zero-order valence-electron chi connectivity index (χ0n) is 11.8. The Hall–Kier alpha value is 0.354. The Bertz CT molecular complexity index is 139. The normalized spacial score (nSPS) is 13.5. The molecule has 16 heavy (non-hydrogen) atoms. The van der Waals surface area contributed by atoms with Crippen LogP contribution in [0, 0.1) is 0 Å². The van der Waals surface area contributed by atoms with E-state index in [2.05, 4.69) is 25.3 Å². The van der Waals surface area contributed by atoms with Crippen LogP contribution in [0.15, 0.2) is 0 Å². The first-order valence-corrected chi connectivity index (χ1v) is 10.3. The fourth-order valence-electron chi connectivity index (χ4n) is 1.82. The molecule has 1 atom stereocenters. The predicted molar refractivity (Wildman–Crippen MR) is 79.7 cm³/mol. The Morgan fingerprint density at radius 2 is 1.50 bits per heavy atom. The topological polar surface area (TPSA) is 12.5 Å². The summed E-state index contributed by atoms with van der Waals surface area (Å²) in [5.41, 5.74) is 0. The van der Waals surface area contributed by atoms with E-state index in [9.17, 15) is 0 Å². The average Bonchev–Trinajstić information content (AvgIpc) is 2.31. The Balaban J connectivity index is 3.63. The van der Waals surface area contributed by atoms with E-state index < -0.39 is 9.04 Å². The molecule has 0 rings (SSSR count). The first kappa shape index (κ1) is 16.4. The smallest absolute Gasteiger partial charge is 0.159 e. The minimum absolute atomic E-state index is 0.760. The van der Waals surface area contributed by atoms with Gasteiger partial charge in [-0.05, 0) is 51.5 Å². The first-order valence-electron chi connectivity index (χ1n) is 6.99. The molecule has 0 bridgehead atoms. The second-order valence-corrected chi connectivity index (χ2v) is 8.82. The third kappa shape index (κ3) is 9.57. The minimum Gasteiger partial charge on any atom is -0.466 e. The van der Waals surface area contributed by atoms with E-state index in [0.717, 1.165) is 10.5 Å². The average molecular weight is 262 g/mol. The van der Waals surface area contributed by atoms with Crippen molar-refractivity contribution in [2.45, 2.75) is 58.5 Å². The van der Waals surface area contributed by atoms with Crippen molar-refractivity contribution in [3.8, 4) is 0 Å². The molecule has 0 amide bonds. The quantitative estimate of drug-likeness (QED) is 0.527. The fourth-order valence-corrected chi connectivity index (χ4v) is 3.52. The molecule has 0 aliphatic carbocycles. The van der Waals surface area contributed by atoms with Gasteiger partial charge in [0.05, 0.1) is 0 Å². The van der Waals surface area contributed by atoms with Gasteiger partial charge in [0.2, 0.25) is 0 Å². The summed E-state index contributed by atoms with van der Waals surface area (Å²) in [6, 6.07) is 1.36. The molecule has 0 saturated carbocycles. The Labute approximate surface area is 107 Å². The summed E-state index contributed by atoms with van der Waals surface area (Å²) in [6.45, 7) is 10.8. The molecule has 1 unspecified atom stereocenters. The van der Waals surface area contributed by atoms with Gasteiger partial charge in [0.1, 0.15) is 10.5 Å². The lowest BCUT2D eigenvalue weighted by atomic mass is 10.2. The molecule has 2 nitrogen and oxygen atoms in total. The van der Waals surface area contributed by atoms with Crippen LogP contribution in [-0.4, -0.2) is 44.1 Å². The van der Waals surface area contributed by atoms with Crippen molar-refractivity contribution >= 4 is 19.5 Å². The molecule has 0 aliphatic rings. The highest BCUT2D eigenvalue weighted by Crippen LogP contribution is 2.04. The molecule has 98 valence electrons. The molecule has 0 spiro atoms. The molecular weight excluding hydrogens is 230 g/mol. The van der Waals surface area contributed by atoms with E-state index >= 15 is 0 Å². The van der Waals surface area contributed by atoms with Gasteiger partial charge in [0.25, 0.3) is 0 Å². The van der Waals surface area contributed by atoms with E-state index in [0.29, 0.717) is 0 Å². The van der Waals surface area contributed by atoms with Crippen molar-refractivity contribution < 1.29 is 4.12 Å². The van der Waals surface area contributed by atoms with Gasteiger partial charge < -0.3 is 9.02 Å². The molecule has 0 aromatic heterocycles. The summed E-state index contributed by atoms with van der Waals surface area (Å²) in [7, 11) is 0.178. The first-order chi connectivity index (χ1) is 7.74. The van der Waals surface area contributed by atoms with E-state index in [1.165, 1.54) is 57.8 Å². The van der Waals surface area contributed by atoms with Crippen LogP contribution in [0.2, 0.25) is 12.6 Å². The van der Waals surface area contributed by atoms with Crippen molar-refractivity contribution in [3.05, 3.63) is 0 Å². The van der Waals surface area contributed by atoms with Gasteiger partial charge >= 0.3 is 0 Å². The molecule has 4 heteroatoms. The van der Waals surface area contributed by atoms with Gasteiger partial charge in [-0.1, -0.05) is 26.7 Å². The summed E-state index contributed by atoms with van der Waals surface area (Å²) >= 11 is 0. The Morgan fingerprint density at radius 1 is 1.00 bits per heavy atom. The van der Waals surface area contributed by atoms with Crippen LogP contribution in [0.25, 0.3) is 0 Å². The maximum absolute atomic E-state index is 5.55. The van der Waals surface area contributed by atoms with Gasteiger partial charge in [-0.15, -0.1) is 0 Å². The molecular formula is C12H31NOSi2. The van der Waals surface area contributed by atoms with E-state index in [1.807, 2.05) is 0 Å². The minimum atomic E-state index is -0.760. The summed E-state index contributed by atoms with van der Waals surface area (Å²) in [5.74, 6) is 0. The second-order valence-electron chi connectivity index (χ2n) is 4.74. The van der Waals surface area contributed by atoms with Gasteiger partial charge in [0, 0.05) is 0 Å². The SMILES string of the molecule is CCCCN(CCCC)CCC[SiH](C)O[SiH3]. The molecule has 0 saturated heterocycles. The lowest BCUT2D eigenvalue weighted by Gasteiger charge is -2.22. The van der Waals surface area contributed by atoms with E-state index in [-0.39, 0.29) is 0 Å². The number of nitrogens with zero attached hydrogens (tertiary/aromatic N) is 1. The van der Waals surface area contributed by atoms with Crippen LogP contribution in [-0.2, 0) is 4.12 Å². The third-order valence-corrected chi connectivity index (χ3v) is 7.58. The summed E-state index contributed by atoms with van der Waals surface area (Å²) in [4.78, 5) is 2.65. The van der Waals surface area contributed by atoms with Gasteiger partial charge in [-0.2, -0.15) is 0 Å². The molecule has 0 aromatic carbocycles. The van der Waals surface area contributed by atoms with Crippen LogP contribution >= 0.6 is 0 Å². The molecule has 0 radical (unpaired) electrons. The fraction of sp³-hybridized carbons (Fsp3) is 1.00. The van der Waals surface area contributed by atoms with Crippen molar-refractivity contribution in [2.75, 3.05) is 19.6 Å². The summed E-state index contributed by atoms with van der Waals surface area (Å²) in [5, 5.41) is 0. The van der Waals surface area contributed by atoms with Crippen LogP contribution in [0.4, 0.5) is 0 Å². The maximum Gasteiger partial charge on any atom is 0.159 e. The van der Waals surface area contributed by atoms with E-state index in [1.54, 1.807) is 0 Å². The molecule has 0 N–H and O–H groups in total. The Kier molecular flexibility index (Phi) is 12.1. The van der Waals surface area contributed by atoms with Crippen LogP contribution in [0.5, 0.6) is 0 Å². The van der Waals surface area contributed by atoms with Crippen molar-refractivity contribution in [1.29, 1.82) is 0 Å². The number of rotatable bonds is 11. The highest BCUT2D eigenvalue weighted by molar-refractivity contribution is 6.54. The van der Waals surface area contributed by atoms with Crippen molar-refractivity contribution in [1.82, 2.24) is 4.90 Å². The highest BCUT2D eigenvalue weighted by atomic mass is 28.3. The standard InChI is InChI=1S/C12H31NOSi2/c1-4-6-9-13(10-7-5-2)11-8-12-16(3)14-15/h16H,4-12H2,1-3,15H3. The van der Waals surface area contributed by atoms with Crippen LogP contribution in [0.1, 0.15) is 46.0 Å². The number of unbranched alkanes of at least 4 members (excludes halogenated alkanes) is 2. The molecule has 0 fully saturated rings. The molecule has 0 aliphatic heterocycles. The third-order valence-electron chi connectivity index (χ3n) is 3.14. The van der Waals surface area contributed by atoms with Gasteiger partial charge in [-0.3, -0.25) is 0 Å². The second kappa shape index (κ2) is 11.8. The summed E-state index contributed by atoms with van der Waals surface area (Å²) in [6.07, 6.45) is 6.69. The van der Waals surface area contributed by atoms with Crippen molar-refractivity contribution in [2.24, 2.45) is 0 Å². The lowest BCUT2D eigenvalue weighted by Crippen LogP contribution is -2.28. The highest BCUT2D eigenvalue weighted by Gasteiger charge is 2.06. The summed E-state index contributed by atoms with van der Waals surface area (Å²) < 4.78 is 5.55. The monoisotopic (exact) mass is 261 g/mol. The molecule has 0 heterocycles. The zero-order valence-corrected chi connectivity index (χ0v) is 15.0. The van der Waals surface area contributed by atoms with Crippen LogP contribution in [0.3, 0.4) is 0 Å². The van der Waals surface area contributed by atoms with E-state index in [4.69, 9.17) is 4.12 Å². The lowest BCUT2D eigenvalue weighted by molar-refractivity contribution is 0.265. The predicted octanol–water partition coefficient (Wildman–Crippen LogP) is 1.93. The van der Waals surface area contributed by atoms with Gasteiger partial charge in [0.15, 0.2) is 9.04 Å². The van der Waals surface area contributed by atoms with Crippen LogP contribution < -0.4 is 0 Å². The number of hydrogen-bond donors (Lipinski definition) is 0. The maximum atomic E-state index is 5.55. The van der Waals surface area contributed by atoms with Gasteiger partial charge in [-0.25, -0.2) is 0 Å². The largest absolute Gasteiger partial charge is 0.466 e. The van der Waals surface area contributed by atoms with Crippen molar-refractivity contribution in [3.63, 3.8) is 0 Å².